The summed E-state index contributed by atoms with van der Waals surface area (Å²) in [5, 5.41) is 37.0. The highest BCUT2D eigenvalue weighted by atomic mass is 16.6. The van der Waals surface area contributed by atoms with Crippen LogP contribution in [-0.2, 0) is 14.3 Å². The minimum Gasteiger partial charge on any atom is -0.429 e. The number of ether oxygens (including phenoxy) is 2. The van der Waals surface area contributed by atoms with Crippen molar-refractivity contribution in [3.8, 4) is 0 Å². The van der Waals surface area contributed by atoms with E-state index in [2.05, 4.69) is 4.74 Å². The topological polar surface area (TPSA) is 116 Å². The summed E-state index contributed by atoms with van der Waals surface area (Å²) < 4.78 is 9.53. The van der Waals surface area contributed by atoms with Crippen LogP contribution in [0.25, 0.3) is 0 Å². The van der Waals surface area contributed by atoms with Gasteiger partial charge in [0.2, 0.25) is 6.29 Å². The van der Waals surface area contributed by atoms with Gasteiger partial charge in [0.25, 0.3) is 0 Å². The van der Waals surface area contributed by atoms with Gasteiger partial charge in [0.1, 0.15) is 24.4 Å². The molecule has 0 amide bonds. The Morgan fingerprint density at radius 2 is 1.94 bits per heavy atom. The van der Waals surface area contributed by atoms with E-state index in [0.29, 0.717) is 0 Å². The molecule has 0 aromatic heterocycles. The molecule has 0 radical (unpaired) electrons. The Morgan fingerprint density at radius 1 is 1.25 bits per heavy atom. The van der Waals surface area contributed by atoms with Crippen LogP contribution in [0.2, 0.25) is 0 Å². The second kappa shape index (κ2) is 4.11. The first-order valence-electron chi connectivity index (χ1n) is 4.78. The molecule has 7 heteroatoms. The molecule has 5 unspecified atom stereocenters. The van der Waals surface area contributed by atoms with Gasteiger partial charge >= 0.3 is 5.97 Å². The van der Waals surface area contributed by atoms with E-state index in [-0.39, 0.29) is 5.57 Å². The number of rotatable bonds is 2. The number of hydrogen-bond acceptors (Lipinski definition) is 7. The highest BCUT2D eigenvalue weighted by Crippen LogP contribution is 2.29. The van der Waals surface area contributed by atoms with Gasteiger partial charge in [-0.2, -0.15) is 0 Å². The molecular weight excluding hydrogens is 220 g/mol. The van der Waals surface area contributed by atoms with E-state index >= 15 is 0 Å². The van der Waals surface area contributed by atoms with Crippen molar-refractivity contribution < 1.29 is 34.7 Å². The number of carbonyl (C=O) groups is 1. The Labute approximate surface area is 90.5 Å². The maximum atomic E-state index is 11.2. The Hall–Kier alpha value is -0.990. The zero-order valence-corrected chi connectivity index (χ0v) is 8.18. The van der Waals surface area contributed by atoms with Crippen LogP contribution in [0.4, 0.5) is 0 Å². The fraction of sp³-hybridized carbons (Fsp3) is 0.667. The first kappa shape index (κ1) is 11.5. The van der Waals surface area contributed by atoms with E-state index in [1.807, 2.05) is 0 Å². The van der Waals surface area contributed by atoms with Crippen LogP contribution in [0, 0.1) is 0 Å². The lowest BCUT2D eigenvalue weighted by molar-refractivity contribution is -0.152. The Morgan fingerprint density at radius 3 is 2.38 bits per heavy atom. The lowest BCUT2D eigenvalue weighted by Crippen LogP contribution is -2.35. The summed E-state index contributed by atoms with van der Waals surface area (Å²) in [6.07, 6.45) is -4.91. The number of hydrogen-bond donors (Lipinski definition) is 4. The van der Waals surface area contributed by atoms with Crippen LogP contribution in [0.5, 0.6) is 0 Å². The van der Waals surface area contributed by atoms with E-state index < -0.39 is 43.3 Å². The molecule has 1 saturated heterocycles. The molecule has 90 valence electrons. The second-order valence-corrected chi connectivity index (χ2v) is 3.68. The summed E-state index contributed by atoms with van der Waals surface area (Å²) in [5.41, 5.74) is -0.0463. The first-order chi connectivity index (χ1) is 7.54. The molecule has 0 aromatic rings. The maximum Gasteiger partial charge on any atom is 0.339 e. The van der Waals surface area contributed by atoms with E-state index in [9.17, 15) is 15.0 Å². The molecule has 4 N–H and O–H groups in total. The fourth-order valence-electron chi connectivity index (χ4n) is 1.80. The maximum absolute atomic E-state index is 11.2. The van der Waals surface area contributed by atoms with Crippen LogP contribution < -0.4 is 0 Å². The zero-order chi connectivity index (χ0) is 11.9. The number of cyclic esters (lactones) is 1. The molecule has 2 heterocycles. The third-order valence-corrected chi connectivity index (χ3v) is 2.63. The van der Waals surface area contributed by atoms with E-state index in [1.165, 1.54) is 0 Å². The molecule has 2 aliphatic heterocycles. The monoisotopic (exact) mass is 232 g/mol. The third-order valence-electron chi connectivity index (χ3n) is 2.63. The normalized spacial score (nSPS) is 43.4. The predicted octanol–water partition coefficient (Wildman–Crippen LogP) is -2.73. The van der Waals surface area contributed by atoms with Crippen LogP contribution in [-0.4, -0.2) is 63.7 Å². The van der Waals surface area contributed by atoms with Crippen molar-refractivity contribution in [1.82, 2.24) is 0 Å². The molecule has 0 spiro atoms. The SMILES string of the molecule is O=C1OC(O)C=C1C1OC(CO)C(O)C1O. The lowest BCUT2D eigenvalue weighted by atomic mass is 10.0. The van der Waals surface area contributed by atoms with Gasteiger partial charge in [-0.15, -0.1) is 0 Å². The van der Waals surface area contributed by atoms with Gasteiger partial charge in [-0.1, -0.05) is 0 Å². The van der Waals surface area contributed by atoms with Gasteiger partial charge in [-0.3, -0.25) is 0 Å². The molecule has 1 fully saturated rings. The molecular formula is C9H12O7. The summed E-state index contributed by atoms with van der Waals surface area (Å²) in [5.74, 6) is -0.803. The summed E-state index contributed by atoms with van der Waals surface area (Å²) in [6, 6.07) is 0. The standard InChI is InChI=1S/C9H12O7/c10-2-4-6(12)7(13)8(15-4)3-1-5(11)16-9(3)14/h1,4-8,10-13H,2H2. The van der Waals surface area contributed by atoms with Crippen molar-refractivity contribution in [2.24, 2.45) is 0 Å². The van der Waals surface area contributed by atoms with Crippen molar-refractivity contribution in [2.75, 3.05) is 6.61 Å². The fourth-order valence-corrected chi connectivity index (χ4v) is 1.80. The largest absolute Gasteiger partial charge is 0.429 e. The lowest BCUT2D eigenvalue weighted by Gasteiger charge is -2.13. The summed E-state index contributed by atoms with van der Waals surface area (Å²) in [6.45, 7) is -0.473. The highest BCUT2D eigenvalue weighted by molar-refractivity contribution is 5.92. The van der Waals surface area contributed by atoms with Gasteiger partial charge in [-0.05, 0) is 6.08 Å². The molecule has 0 aliphatic carbocycles. The van der Waals surface area contributed by atoms with E-state index in [4.69, 9.17) is 14.9 Å². The van der Waals surface area contributed by atoms with E-state index in [1.54, 1.807) is 0 Å². The molecule has 7 nitrogen and oxygen atoms in total. The smallest absolute Gasteiger partial charge is 0.339 e. The molecule has 2 aliphatic rings. The van der Waals surface area contributed by atoms with Crippen LogP contribution >= 0.6 is 0 Å². The number of aliphatic hydroxyl groups is 4. The molecule has 0 saturated carbocycles. The molecule has 0 bridgehead atoms. The van der Waals surface area contributed by atoms with Gasteiger partial charge in [0.05, 0.1) is 12.2 Å². The summed E-state index contributed by atoms with van der Waals surface area (Å²) >= 11 is 0. The average Bonchev–Trinajstić information content (AvgIpc) is 2.70. The van der Waals surface area contributed by atoms with Crippen molar-refractivity contribution in [3.05, 3.63) is 11.6 Å². The number of carbonyl (C=O) groups excluding carboxylic acids is 1. The molecule has 5 atom stereocenters. The highest BCUT2D eigenvalue weighted by Gasteiger charge is 2.47. The quantitative estimate of drug-likeness (QED) is 0.382. The average molecular weight is 232 g/mol. The third kappa shape index (κ3) is 1.72. The summed E-state index contributed by atoms with van der Waals surface area (Å²) in [7, 11) is 0. The first-order valence-corrected chi connectivity index (χ1v) is 4.78. The van der Waals surface area contributed by atoms with Crippen molar-refractivity contribution in [1.29, 1.82) is 0 Å². The van der Waals surface area contributed by atoms with Gasteiger partial charge in [0, 0.05) is 0 Å². The number of esters is 1. The molecule has 0 aromatic carbocycles. The van der Waals surface area contributed by atoms with Crippen LogP contribution in [0.15, 0.2) is 11.6 Å². The minimum atomic E-state index is -1.36. The van der Waals surface area contributed by atoms with Crippen LogP contribution in [0.1, 0.15) is 0 Å². The van der Waals surface area contributed by atoms with Gasteiger partial charge in [0.15, 0.2) is 0 Å². The zero-order valence-electron chi connectivity index (χ0n) is 8.18. The number of aliphatic hydroxyl groups excluding tert-OH is 4. The van der Waals surface area contributed by atoms with Crippen molar-refractivity contribution in [2.45, 2.75) is 30.7 Å². The molecule has 2 rings (SSSR count). The van der Waals surface area contributed by atoms with Crippen molar-refractivity contribution in [3.63, 3.8) is 0 Å². The van der Waals surface area contributed by atoms with Gasteiger partial charge < -0.3 is 29.9 Å². The Kier molecular flexibility index (Phi) is 2.96. The predicted molar refractivity (Wildman–Crippen MR) is 47.9 cm³/mol. The second-order valence-electron chi connectivity index (χ2n) is 3.68. The molecule has 16 heavy (non-hydrogen) atoms. The Balaban J connectivity index is 2.17. The van der Waals surface area contributed by atoms with E-state index in [0.717, 1.165) is 6.08 Å². The minimum absolute atomic E-state index is 0.0463. The van der Waals surface area contributed by atoms with Crippen LogP contribution in [0.3, 0.4) is 0 Å². The summed E-state index contributed by atoms with van der Waals surface area (Å²) in [4.78, 5) is 11.2. The Bertz CT molecular complexity index is 326. The van der Waals surface area contributed by atoms with Gasteiger partial charge in [-0.25, -0.2) is 4.79 Å². The van der Waals surface area contributed by atoms with Crippen molar-refractivity contribution >= 4 is 5.97 Å².